The first kappa shape index (κ1) is 17.8. The zero-order valence-corrected chi connectivity index (χ0v) is 16.4. The van der Waals surface area contributed by atoms with Gasteiger partial charge in [0.1, 0.15) is 0 Å². The predicted molar refractivity (Wildman–Crippen MR) is 111 cm³/mol. The molecular weight excluding hydrogens is 328 g/mol. The van der Waals surface area contributed by atoms with Crippen LogP contribution in [0.25, 0.3) is 5.57 Å². The minimum absolute atomic E-state index is 0.0410. The van der Waals surface area contributed by atoms with Gasteiger partial charge >= 0.3 is 0 Å². The van der Waals surface area contributed by atoms with Crippen molar-refractivity contribution in [1.29, 1.82) is 0 Å². The fourth-order valence-electron chi connectivity index (χ4n) is 3.64. The maximum absolute atomic E-state index is 6.18. The van der Waals surface area contributed by atoms with E-state index in [2.05, 4.69) is 61.9 Å². The first-order chi connectivity index (χ1) is 11.8. The maximum atomic E-state index is 6.18. The lowest BCUT2D eigenvalue weighted by Crippen LogP contribution is -2.44. The molecule has 0 spiro atoms. The largest absolute Gasteiger partial charge is 0.363 e. The van der Waals surface area contributed by atoms with Crippen molar-refractivity contribution in [3.05, 3.63) is 64.2 Å². The van der Waals surface area contributed by atoms with Gasteiger partial charge in [0.15, 0.2) is 0 Å². The standard InChI is InChI=1S/C22H25ClN2/c1-6-25-21-11-10-17(12-18(21)15(2)13-22(25,4)5)14-24-20-9-7-8-19(23)16(20)3/h7-14H,6H2,1-5H3. The second kappa shape index (κ2) is 6.68. The molecule has 25 heavy (non-hydrogen) atoms. The van der Waals surface area contributed by atoms with E-state index in [0.29, 0.717) is 0 Å². The van der Waals surface area contributed by atoms with Gasteiger partial charge < -0.3 is 4.90 Å². The molecule has 1 heterocycles. The van der Waals surface area contributed by atoms with Gasteiger partial charge in [-0.15, -0.1) is 0 Å². The van der Waals surface area contributed by atoms with Gasteiger partial charge in [0, 0.05) is 29.0 Å². The Balaban J connectivity index is 1.98. The fourth-order valence-corrected chi connectivity index (χ4v) is 3.81. The van der Waals surface area contributed by atoms with E-state index in [1.54, 1.807) is 0 Å². The topological polar surface area (TPSA) is 15.6 Å². The quantitative estimate of drug-likeness (QED) is 0.582. The van der Waals surface area contributed by atoms with Gasteiger partial charge in [-0.2, -0.15) is 0 Å². The van der Waals surface area contributed by atoms with Crippen LogP contribution in [0.4, 0.5) is 11.4 Å². The number of rotatable bonds is 3. The summed E-state index contributed by atoms with van der Waals surface area (Å²) < 4.78 is 0. The van der Waals surface area contributed by atoms with E-state index in [1.807, 2.05) is 31.3 Å². The third-order valence-corrected chi connectivity index (χ3v) is 5.32. The molecule has 1 aliphatic heterocycles. The molecule has 0 unspecified atom stereocenters. The Morgan fingerprint density at radius 2 is 1.92 bits per heavy atom. The first-order valence-corrected chi connectivity index (χ1v) is 9.12. The highest BCUT2D eigenvalue weighted by Gasteiger charge is 2.29. The predicted octanol–water partition coefficient (Wildman–Crippen LogP) is 6.42. The van der Waals surface area contributed by atoms with E-state index < -0.39 is 0 Å². The molecule has 0 atom stereocenters. The lowest BCUT2D eigenvalue weighted by atomic mass is 9.88. The van der Waals surface area contributed by atoms with E-state index in [1.165, 1.54) is 16.8 Å². The average molecular weight is 353 g/mol. The van der Waals surface area contributed by atoms with Crippen LogP contribution in [0.15, 0.2) is 47.5 Å². The van der Waals surface area contributed by atoms with Crippen LogP contribution < -0.4 is 4.90 Å². The van der Waals surface area contributed by atoms with Crippen LogP contribution >= 0.6 is 11.6 Å². The zero-order valence-electron chi connectivity index (χ0n) is 15.6. The number of allylic oxidation sites excluding steroid dienone is 1. The highest BCUT2D eigenvalue weighted by molar-refractivity contribution is 6.31. The van der Waals surface area contributed by atoms with Crippen molar-refractivity contribution in [2.75, 3.05) is 11.4 Å². The van der Waals surface area contributed by atoms with Crippen molar-refractivity contribution >= 4 is 34.8 Å². The monoisotopic (exact) mass is 352 g/mol. The van der Waals surface area contributed by atoms with Crippen LogP contribution in [-0.4, -0.2) is 18.3 Å². The number of fused-ring (bicyclic) bond motifs is 1. The summed E-state index contributed by atoms with van der Waals surface area (Å²) in [6.07, 6.45) is 4.27. The van der Waals surface area contributed by atoms with Gasteiger partial charge in [-0.25, -0.2) is 0 Å². The third kappa shape index (κ3) is 3.36. The second-order valence-electron chi connectivity index (χ2n) is 7.14. The van der Waals surface area contributed by atoms with Crippen molar-refractivity contribution in [2.45, 2.75) is 40.2 Å². The lowest BCUT2D eigenvalue weighted by molar-refractivity contribution is 0.566. The number of likely N-dealkylation sites (N-methyl/N-ethyl adjacent to an activating group) is 1. The zero-order chi connectivity index (χ0) is 18.2. The molecular formula is C22H25ClN2. The van der Waals surface area contributed by atoms with Crippen LogP contribution in [0.1, 0.15) is 44.4 Å². The van der Waals surface area contributed by atoms with Crippen LogP contribution in [0, 0.1) is 6.92 Å². The number of aliphatic imine (C=N–C) groups is 1. The molecule has 0 saturated heterocycles. The molecule has 0 aromatic heterocycles. The first-order valence-electron chi connectivity index (χ1n) is 8.74. The van der Waals surface area contributed by atoms with Crippen LogP contribution in [0.3, 0.4) is 0 Å². The van der Waals surface area contributed by atoms with Crippen LogP contribution in [0.2, 0.25) is 5.02 Å². The second-order valence-corrected chi connectivity index (χ2v) is 7.55. The molecule has 0 amide bonds. The normalized spacial score (nSPS) is 16.1. The minimum Gasteiger partial charge on any atom is -0.363 e. The summed E-state index contributed by atoms with van der Waals surface area (Å²) in [5.41, 5.74) is 6.96. The van der Waals surface area contributed by atoms with Gasteiger partial charge in [-0.1, -0.05) is 29.8 Å². The molecule has 0 bridgehead atoms. The number of anilines is 1. The van der Waals surface area contributed by atoms with Crippen molar-refractivity contribution in [3.63, 3.8) is 0 Å². The van der Waals surface area contributed by atoms with Gasteiger partial charge in [-0.3, -0.25) is 4.99 Å². The van der Waals surface area contributed by atoms with Crippen LogP contribution in [-0.2, 0) is 0 Å². The number of hydrogen-bond donors (Lipinski definition) is 0. The summed E-state index contributed by atoms with van der Waals surface area (Å²) in [5, 5.41) is 0.750. The number of nitrogens with zero attached hydrogens (tertiary/aromatic N) is 2. The molecule has 2 aromatic carbocycles. The summed E-state index contributed by atoms with van der Waals surface area (Å²) in [4.78, 5) is 7.08. The average Bonchev–Trinajstić information content (AvgIpc) is 2.56. The molecule has 130 valence electrons. The van der Waals surface area contributed by atoms with Gasteiger partial charge in [-0.05, 0) is 75.6 Å². The van der Waals surface area contributed by atoms with Crippen molar-refractivity contribution < 1.29 is 0 Å². The summed E-state index contributed by atoms with van der Waals surface area (Å²) >= 11 is 6.18. The molecule has 0 N–H and O–H groups in total. The van der Waals surface area contributed by atoms with Crippen molar-refractivity contribution in [1.82, 2.24) is 0 Å². The summed E-state index contributed by atoms with van der Waals surface area (Å²) in [7, 11) is 0. The van der Waals surface area contributed by atoms with Gasteiger partial charge in [0.2, 0.25) is 0 Å². The molecule has 3 rings (SSSR count). The Hall–Kier alpha value is -2.06. The Labute approximate surface area is 155 Å². The van der Waals surface area contributed by atoms with E-state index >= 15 is 0 Å². The Kier molecular flexibility index (Phi) is 4.75. The molecule has 0 saturated carbocycles. The molecule has 1 aliphatic rings. The molecule has 0 fully saturated rings. The number of halogens is 1. The van der Waals surface area contributed by atoms with Crippen molar-refractivity contribution in [2.24, 2.45) is 4.99 Å². The van der Waals surface area contributed by atoms with Crippen LogP contribution in [0.5, 0.6) is 0 Å². The summed E-state index contributed by atoms with van der Waals surface area (Å²) in [5.74, 6) is 0. The highest BCUT2D eigenvalue weighted by atomic mass is 35.5. The van der Waals surface area contributed by atoms with E-state index in [-0.39, 0.29) is 5.54 Å². The molecule has 2 aromatic rings. The summed E-state index contributed by atoms with van der Waals surface area (Å²) in [6.45, 7) is 11.9. The summed E-state index contributed by atoms with van der Waals surface area (Å²) in [6, 6.07) is 12.4. The third-order valence-electron chi connectivity index (χ3n) is 4.91. The van der Waals surface area contributed by atoms with Gasteiger partial charge in [0.05, 0.1) is 11.2 Å². The molecule has 0 radical (unpaired) electrons. The molecule has 2 nitrogen and oxygen atoms in total. The highest BCUT2D eigenvalue weighted by Crippen LogP contribution is 2.39. The van der Waals surface area contributed by atoms with E-state index in [0.717, 1.165) is 28.4 Å². The SMILES string of the molecule is CCN1c2ccc(C=Nc3cccc(Cl)c3C)cc2C(C)=CC1(C)C. The smallest absolute Gasteiger partial charge is 0.0673 e. The number of benzene rings is 2. The van der Waals surface area contributed by atoms with Crippen molar-refractivity contribution in [3.8, 4) is 0 Å². The maximum Gasteiger partial charge on any atom is 0.0673 e. The Bertz CT molecular complexity index is 862. The Morgan fingerprint density at radius 1 is 1.16 bits per heavy atom. The fraction of sp³-hybridized carbons (Fsp3) is 0.318. The molecule has 0 aliphatic carbocycles. The minimum atomic E-state index is 0.0410. The number of hydrogen-bond acceptors (Lipinski definition) is 2. The van der Waals surface area contributed by atoms with E-state index in [9.17, 15) is 0 Å². The van der Waals surface area contributed by atoms with E-state index in [4.69, 9.17) is 11.6 Å². The Morgan fingerprint density at radius 3 is 2.64 bits per heavy atom. The lowest BCUT2D eigenvalue weighted by Gasteiger charge is -2.42. The molecule has 3 heteroatoms. The van der Waals surface area contributed by atoms with Gasteiger partial charge in [0.25, 0.3) is 0 Å².